The van der Waals surface area contributed by atoms with E-state index in [4.69, 9.17) is 15.2 Å². The molecular weight excluding hydrogens is 592 g/mol. The summed E-state index contributed by atoms with van der Waals surface area (Å²) in [5.74, 6) is -1.14. The van der Waals surface area contributed by atoms with Crippen LogP contribution in [0, 0.1) is 18.7 Å². The molecule has 3 heterocycles. The third-order valence-corrected chi connectivity index (χ3v) is 8.71. The van der Waals surface area contributed by atoms with Gasteiger partial charge in [-0.3, -0.25) is 4.79 Å². The van der Waals surface area contributed by atoms with Gasteiger partial charge in [0.25, 0.3) is 5.91 Å². The van der Waals surface area contributed by atoms with Crippen molar-refractivity contribution in [2.24, 2.45) is 11.7 Å². The van der Waals surface area contributed by atoms with Crippen LogP contribution in [0.25, 0.3) is 22.2 Å². The number of hydrogen-bond acceptors (Lipinski definition) is 7. The van der Waals surface area contributed by atoms with E-state index in [0.717, 1.165) is 36.7 Å². The number of hydrogen-bond donors (Lipinski definition) is 3. The minimum atomic E-state index is -4.88. The van der Waals surface area contributed by atoms with Crippen molar-refractivity contribution in [2.75, 3.05) is 13.2 Å². The van der Waals surface area contributed by atoms with Gasteiger partial charge in [-0.15, -0.1) is 0 Å². The second kappa shape index (κ2) is 10.4. The quantitative estimate of drug-likeness (QED) is 0.225. The Hall–Kier alpha value is -4.29. The summed E-state index contributed by atoms with van der Waals surface area (Å²) in [5, 5.41) is 15.6. The number of rotatable bonds is 8. The Labute approximate surface area is 255 Å². The zero-order valence-electron chi connectivity index (χ0n) is 24.2. The summed E-state index contributed by atoms with van der Waals surface area (Å²) in [7, 11) is 0. The first-order valence-electron chi connectivity index (χ1n) is 14.7. The first-order chi connectivity index (χ1) is 21.4. The number of carbonyl (C=O) groups is 1. The van der Waals surface area contributed by atoms with Crippen LogP contribution in [0.15, 0.2) is 54.6 Å². The predicted molar refractivity (Wildman–Crippen MR) is 156 cm³/mol. The number of aromatic nitrogens is 2. The van der Waals surface area contributed by atoms with Crippen LogP contribution >= 0.6 is 0 Å². The molecule has 2 aromatic carbocycles. The van der Waals surface area contributed by atoms with Crippen molar-refractivity contribution in [2.45, 2.75) is 56.0 Å². The molecule has 1 amide bonds. The molecule has 2 atom stereocenters. The first kappa shape index (κ1) is 29.4. The second-order valence-corrected chi connectivity index (χ2v) is 12.2. The molecule has 0 radical (unpaired) electrons. The van der Waals surface area contributed by atoms with Gasteiger partial charge in [0.05, 0.1) is 18.3 Å². The Balaban J connectivity index is 1.26. The van der Waals surface area contributed by atoms with E-state index in [2.05, 4.69) is 15.3 Å². The first-order valence-corrected chi connectivity index (χ1v) is 14.7. The van der Waals surface area contributed by atoms with Gasteiger partial charge in [0, 0.05) is 27.8 Å². The van der Waals surface area contributed by atoms with Crippen molar-refractivity contribution in [3.8, 4) is 22.8 Å². The summed E-state index contributed by atoms with van der Waals surface area (Å²) in [6.07, 6.45) is -1.86. The summed E-state index contributed by atoms with van der Waals surface area (Å²) in [4.78, 5) is 22.7. The number of benzene rings is 2. The molecule has 45 heavy (non-hydrogen) atoms. The number of nitrogens with zero attached hydrogens (tertiary/aromatic N) is 2. The Bertz CT molecular complexity index is 1820. The van der Waals surface area contributed by atoms with Crippen LogP contribution in [-0.2, 0) is 11.1 Å². The summed E-state index contributed by atoms with van der Waals surface area (Å²) < 4.78 is 68.1. The third kappa shape index (κ3) is 5.25. The number of alkyl halides is 3. The van der Waals surface area contributed by atoms with Crippen LogP contribution in [-0.4, -0.2) is 46.4 Å². The van der Waals surface area contributed by atoms with Gasteiger partial charge in [-0.1, -0.05) is 6.07 Å². The molecule has 2 fully saturated rings. The largest absolute Gasteiger partial charge is 0.488 e. The lowest BCUT2D eigenvalue weighted by Gasteiger charge is -2.31. The van der Waals surface area contributed by atoms with Crippen LogP contribution in [0.3, 0.4) is 0 Å². The lowest BCUT2D eigenvalue weighted by atomic mass is 9.86. The molecule has 0 spiro atoms. The minimum absolute atomic E-state index is 0.0105. The van der Waals surface area contributed by atoms with Crippen LogP contribution in [0.1, 0.15) is 53.0 Å². The van der Waals surface area contributed by atoms with E-state index < -0.39 is 35.6 Å². The lowest BCUT2D eigenvalue weighted by Crippen LogP contribution is -2.52. The van der Waals surface area contributed by atoms with Crippen LogP contribution in [0.5, 0.6) is 11.5 Å². The zero-order valence-corrected chi connectivity index (χ0v) is 24.2. The molecule has 0 bridgehead atoms. The highest BCUT2D eigenvalue weighted by Crippen LogP contribution is 2.52. The van der Waals surface area contributed by atoms with E-state index in [9.17, 15) is 27.5 Å². The normalized spacial score (nSPS) is 20.8. The highest BCUT2D eigenvalue weighted by atomic mass is 19.4. The molecule has 8 nitrogen and oxygen atoms in total. The molecular formula is C33H30F4N4O4. The maximum atomic E-state index is 14.3. The topological polar surface area (TPSA) is 120 Å². The number of pyridine rings is 2. The number of aryl methyl sites for hydroxylation is 1. The van der Waals surface area contributed by atoms with Gasteiger partial charge >= 0.3 is 6.18 Å². The average molecular weight is 623 g/mol. The molecule has 12 heteroatoms. The number of aliphatic hydroxyl groups is 1. The van der Waals surface area contributed by atoms with Gasteiger partial charge in [0.2, 0.25) is 0 Å². The van der Waals surface area contributed by atoms with Gasteiger partial charge in [0.1, 0.15) is 35.0 Å². The smallest absolute Gasteiger partial charge is 0.414 e. The molecule has 0 saturated heterocycles. The predicted octanol–water partition coefficient (Wildman–Crippen LogP) is 5.42. The van der Waals surface area contributed by atoms with Crippen molar-refractivity contribution in [1.82, 2.24) is 15.3 Å². The Kier molecular flexibility index (Phi) is 6.79. The number of halogens is 4. The van der Waals surface area contributed by atoms with E-state index in [-0.39, 0.29) is 52.4 Å². The number of amides is 1. The number of fused-ring (bicyclic) bond motifs is 2. The van der Waals surface area contributed by atoms with Gasteiger partial charge in [-0.05, 0) is 87.1 Å². The van der Waals surface area contributed by atoms with Crippen LogP contribution in [0.2, 0.25) is 0 Å². The molecule has 3 aliphatic rings. The van der Waals surface area contributed by atoms with E-state index in [1.165, 1.54) is 12.1 Å². The van der Waals surface area contributed by atoms with Crippen molar-refractivity contribution >= 4 is 16.8 Å². The fourth-order valence-electron chi connectivity index (χ4n) is 5.74. The van der Waals surface area contributed by atoms with Crippen molar-refractivity contribution in [3.63, 3.8) is 0 Å². The fraction of sp³-hybridized carbons (Fsp3) is 0.364. The van der Waals surface area contributed by atoms with E-state index in [1.807, 2.05) is 19.1 Å². The highest BCUT2D eigenvalue weighted by Gasteiger charge is 2.59. The van der Waals surface area contributed by atoms with Crippen molar-refractivity contribution in [3.05, 3.63) is 82.9 Å². The molecule has 4 N–H and O–H groups in total. The molecule has 1 aliphatic heterocycles. The molecule has 2 aliphatic carbocycles. The van der Waals surface area contributed by atoms with E-state index in [1.54, 1.807) is 12.1 Å². The highest BCUT2D eigenvalue weighted by molar-refractivity contribution is 6.00. The van der Waals surface area contributed by atoms with Gasteiger partial charge < -0.3 is 25.6 Å². The Morgan fingerprint density at radius 2 is 1.82 bits per heavy atom. The standard InChI is InChI=1S/C33H30F4N4O4/c1-17-2-3-19-12-20(13-25(27(19)40-17)45-23-10-11-23)30(42)39-15-31(43,21-6-7-21)26-14-24-29(44-16-32(24,38)33(35,36)37)28(41-26)18-4-8-22(34)9-5-18/h2-5,8-9,12-14,21,23,43H,6-7,10-11,15-16,38H2,1H3,(H,39,42)/t31?,32-/m0/s1. The summed E-state index contributed by atoms with van der Waals surface area (Å²) >= 11 is 0. The number of carbonyl (C=O) groups excluding carboxylic acids is 1. The third-order valence-electron chi connectivity index (χ3n) is 8.71. The average Bonchev–Trinajstić information content (AvgIpc) is 3.94. The lowest BCUT2D eigenvalue weighted by molar-refractivity contribution is -0.191. The van der Waals surface area contributed by atoms with Crippen molar-refractivity contribution in [1.29, 1.82) is 0 Å². The molecule has 1 unspecified atom stereocenters. The molecule has 2 aromatic heterocycles. The van der Waals surface area contributed by atoms with Gasteiger partial charge in [0.15, 0.2) is 11.3 Å². The molecule has 234 valence electrons. The molecule has 2 saturated carbocycles. The maximum absolute atomic E-state index is 14.3. The van der Waals surface area contributed by atoms with Crippen LogP contribution in [0.4, 0.5) is 17.6 Å². The van der Waals surface area contributed by atoms with E-state index in [0.29, 0.717) is 29.5 Å². The minimum Gasteiger partial charge on any atom is -0.488 e. The van der Waals surface area contributed by atoms with Crippen molar-refractivity contribution < 1.29 is 36.9 Å². The summed E-state index contributed by atoms with van der Waals surface area (Å²) in [5.41, 5.74) is 2.74. The second-order valence-electron chi connectivity index (χ2n) is 12.2. The van der Waals surface area contributed by atoms with Gasteiger partial charge in [-0.25, -0.2) is 14.4 Å². The summed E-state index contributed by atoms with van der Waals surface area (Å²) in [6, 6.07) is 13.1. The molecule has 4 aromatic rings. The molecule has 7 rings (SSSR count). The van der Waals surface area contributed by atoms with Crippen LogP contribution < -0.4 is 20.5 Å². The number of ether oxygens (including phenoxy) is 2. The maximum Gasteiger partial charge on any atom is 0.414 e. The zero-order chi connectivity index (χ0) is 31.7. The fourth-order valence-corrected chi connectivity index (χ4v) is 5.74. The summed E-state index contributed by atoms with van der Waals surface area (Å²) in [6.45, 7) is 0.646. The SMILES string of the molecule is Cc1ccc2cc(C(=O)NCC(O)(c3cc4c(c(-c5ccc(F)cc5)n3)OC[C@@]4(N)C(F)(F)F)C3CC3)cc(OC3CC3)c2n1. The Morgan fingerprint density at radius 3 is 2.49 bits per heavy atom. The van der Waals surface area contributed by atoms with E-state index >= 15 is 0 Å². The number of nitrogens with two attached hydrogens (primary N) is 1. The number of nitrogens with one attached hydrogen (secondary N) is 1. The monoisotopic (exact) mass is 622 g/mol. The van der Waals surface area contributed by atoms with Gasteiger partial charge in [-0.2, -0.15) is 13.2 Å². The Morgan fingerprint density at radius 1 is 1.09 bits per heavy atom.